The number of halogens is 3. The summed E-state index contributed by atoms with van der Waals surface area (Å²) >= 11 is 0. The third-order valence-electron chi connectivity index (χ3n) is 8.24. The number of nitrogens with zero attached hydrogens (tertiary/aromatic N) is 5. The summed E-state index contributed by atoms with van der Waals surface area (Å²) in [6.07, 6.45) is 6.48. The lowest BCUT2D eigenvalue weighted by Crippen LogP contribution is -2.35. The van der Waals surface area contributed by atoms with Crippen LogP contribution in [0, 0.1) is 5.92 Å². The van der Waals surface area contributed by atoms with Gasteiger partial charge in [0.1, 0.15) is 11.6 Å². The van der Waals surface area contributed by atoms with Crippen LogP contribution >= 0.6 is 0 Å². The molecule has 1 aromatic carbocycles. The molecule has 2 atom stereocenters. The van der Waals surface area contributed by atoms with Crippen LogP contribution in [0.2, 0.25) is 0 Å². The monoisotopic (exact) mass is 475 g/mol. The molecule has 1 aliphatic carbocycles. The molecule has 0 bridgehead atoms. The van der Waals surface area contributed by atoms with Crippen molar-refractivity contribution in [2.75, 3.05) is 31.1 Å². The molecule has 1 saturated carbocycles. The number of anilines is 1. The molecule has 0 spiro atoms. The van der Waals surface area contributed by atoms with Crippen LogP contribution in [0.25, 0.3) is 0 Å². The van der Waals surface area contributed by atoms with Gasteiger partial charge < -0.3 is 14.4 Å². The highest BCUT2D eigenvalue weighted by Gasteiger charge is 2.41. The van der Waals surface area contributed by atoms with Gasteiger partial charge in [0.25, 0.3) is 0 Å². The summed E-state index contributed by atoms with van der Waals surface area (Å²) in [4.78, 5) is 4.85. The topological polar surface area (TPSA) is 37.2 Å². The van der Waals surface area contributed by atoms with E-state index in [0.717, 1.165) is 63.4 Å². The average Bonchev–Trinajstić information content (AvgIpc) is 3.51. The Kier molecular flexibility index (Phi) is 6.87. The van der Waals surface area contributed by atoms with Crippen LogP contribution in [0.1, 0.15) is 74.5 Å². The average molecular weight is 476 g/mol. The van der Waals surface area contributed by atoms with E-state index in [-0.39, 0.29) is 0 Å². The van der Waals surface area contributed by atoms with Crippen LogP contribution in [-0.2, 0) is 19.6 Å². The van der Waals surface area contributed by atoms with Gasteiger partial charge in [0.2, 0.25) is 0 Å². The van der Waals surface area contributed by atoms with Crippen LogP contribution < -0.4 is 4.90 Å². The summed E-state index contributed by atoms with van der Waals surface area (Å²) in [5.41, 5.74) is 0.340. The second kappa shape index (κ2) is 9.88. The summed E-state index contributed by atoms with van der Waals surface area (Å²) in [6.45, 7) is 4.10. The fraction of sp³-hybridized carbons (Fsp3) is 0.692. The molecule has 5 nitrogen and oxygen atoms in total. The van der Waals surface area contributed by atoms with Crippen LogP contribution in [0.4, 0.5) is 18.9 Å². The van der Waals surface area contributed by atoms with E-state index < -0.39 is 11.7 Å². The first-order chi connectivity index (χ1) is 16.4. The number of benzene rings is 1. The number of fused-ring (bicyclic) bond motifs is 1. The maximum atomic E-state index is 12.9. The van der Waals surface area contributed by atoms with Gasteiger partial charge in [-0.2, -0.15) is 13.2 Å². The fourth-order valence-corrected chi connectivity index (χ4v) is 6.32. The Morgan fingerprint density at radius 3 is 2.44 bits per heavy atom. The number of rotatable bonds is 7. The zero-order valence-electron chi connectivity index (χ0n) is 20.1. The Morgan fingerprint density at radius 2 is 1.71 bits per heavy atom. The standard InChI is InChI=1S/C26H36F3N5/c1-32-24(30-31-25(32)19-7-3-2-4-8-19)9-5-6-15-33-17-20-14-16-34(23(20)18-33)22-12-10-21(11-13-22)26(27,28)29/h10-13,19-20,23H,2-9,14-18H2,1H3/t20-,23+/m0/s1. The molecule has 186 valence electrons. The summed E-state index contributed by atoms with van der Waals surface area (Å²) in [7, 11) is 2.12. The molecule has 2 aliphatic heterocycles. The summed E-state index contributed by atoms with van der Waals surface area (Å²) < 4.78 is 40.9. The van der Waals surface area contributed by atoms with Crippen LogP contribution in [0.5, 0.6) is 0 Å². The number of likely N-dealkylation sites (tertiary alicyclic amines) is 1. The quantitative estimate of drug-likeness (QED) is 0.502. The molecule has 3 heterocycles. The first-order valence-electron chi connectivity index (χ1n) is 12.9. The molecule has 3 aliphatic rings. The normalized spacial score (nSPS) is 24.2. The van der Waals surface area contributed by atoms with E-state index in [9.17, 15) is 13.2 Å². The van der Waals surface area contributed by atoms with Gasteiger partial charge in [-0.15, -0.1) is 10.2 Å². The zero-order valence-corrected chi connectivity index (χ0v) is 20.1. The van der Waals surface area contributed by atoms with E-state index in [1.54, 1.807) is 12.1 Å². The van der Waals surface area contributed by atoms with E-state index in [1.165, 1.54) is 50.1 Å². The maximum Gasteiger partial charge on any atom is 0.416 e. The molecular weight excluding hydrogens is 439 g/mol. The van der Waals surface area contributed by atoms with Crippen molar-refractivity contribution in [3.8, 4) is 0 Å². The van der Waals surface area contributed by atoms with Gasteiger partial charge in [0, 0.05) is 50.7 Å². The highest BCUT2D eigenvalue weighted by atomic mass is 19.4. The van der Waals surface area contributed by atoms with Gasteiger partial charge in [0.15, 0.2) is 0 Å². The molecule has 1 aromatic heterocycles. The Bertz CT molecular complexity index is 948. The number of unbranched alkanes of at least 4 members (excludes halogenated alkanes) is 1. The van der Waals surface area contributed by atoms with E-state index in [1.807, 2.05) is 0 Å². The Morgan fingerprint density at radius 1 is 0.941 bits per heavy atom. The lowest BCUT2D eigenvalue weighted by atomic mass is 9.89. The van der Waals surface area contributed by atoms with E-state index in [2.05, 4.69) is 31.6 Å². The Hall–Kier alpha value is -2.09. The molecular formula is C26H36F3N5. The highest BCUT2D eigenvalue weighted by Crippen LogP contribution is 2.37. The number of aromatic nitrogens is 3. The smallest absolute Gasteiger partial charge is 0.367 e. The molecule has 2 saturated heterocycles. The lowest BCUT2D eigenvalue weighted by Gasteiger charge is -2.27. The second-order valence-electron chi connectivity index (χ2n) is 10.4. The lowest BCUT2D eigenvalue weighted by molar-refractivity contribution is -0.137. The minimum absolute atomic E-state index is 0.411. The van der Waals surface area contributed by atoms with Gasteiger partial charge >= 0.3 is 6.18 Å². The Balaban J connectivity index is 1.09. The molecule has 5 rings (SSSR count). The first kappa shape index (κ1) is 23.6. The molecule has 8 heteroatoms. The van der Waals surface area contributed by atoms with Crippen LogP contribution in [0.15, 0.2) is 24.3 Å². The van der Waals surface area contributed by atoms with Crippen molar-refractivity contribution >= 4 is 5.69 Å². The van der Waals surface area contributed by atoms with E-state index >= 15 is 0 Å². The van der Waals surface area contributed by atoms with Crippen molar-refractivity contribution in [1.82, 2.24) is 19.7 Å². The largest absolute Gasteiger partial charge is 0.416 e. The van der Waals surface area contributed by atoms with E-state index in [0.29, 0.717) is 17.9 Å². The SMILES string of the molecule is Cn1c(CCCCN2C[C@@H]3CCN(c4ccc(C(F)(F)F)cc4)[C@@H]3C2)nnc1C1CCCCC1. The van der Waals surface area contributed by atoms with Crippen molar-refractivity contribution in [2.24, 2.45) is 13.0 Å². The number of aryl methyl sites for hydroxylation is 1. The van der Waals surface area contributed by atoms with Crippen molar-refractivity contribution in [1.29, 1.82) is 0 Å². The summed E-state index contributed by atoms with van der Waals surface area (Å²) in [6, 6.07) is 6.10. The molecule has 34 heavy (non-hydrogen) atoms. The van der Waals surface area contributed by atoms with Crippen molar-refractivity contribution in [2.45, 2.75) is 75.9 Å². The molecule has 3 fully saturated rings. The fourth-order valence-electron chi connectivity index (χ4n) is 6.32. The third kappa shape index (κ3) is 4.97. The minimum atomic E-state index is -4.28. The van der Waals surface area contributed by atoms with Gasteiger partial charge in [-0.25, -0.2) is 0 Å². The number of hydrogen-bond acceptors (Lipinski definition) is 4. The first-order valence-corrected chi connectivity index (χ1v) is 12.9. The maximum absolute atomic E-state index is 12.9. The van der Waals surface area contributed by atoms with E-state index in [4.69, 9.17) is 0 Å². The summed E-state index contributed by atoms with van der Waals surface area (Å²) in [5, 5.41) is 9.02. The Labute approximate surface area is 200 Å². The molecule has 0 amide bonds. The van der Waals surface area contributed by atoms with Crippen LogP contribution in [-0.4, -0.2) is 51.9 Å². The molecule has 2 aromatic rings. The second-order valence-corrected chi connectivity index (χ2v) is 10.4. The highest BCUT2D eigenvalue weighted by molar-refractivity contribution is 5.50. The predicted octanol–water partition coefficient (Wildman–Crippen LogP) is 5.42. The minimum Gasteiger partial charge on any atom is -0.367 e. The molecule has 0 N–H and O–H groups in total. The van der Waals surface area contributed by atoms with Gasteiger partial charge in [-0.05, 0) is 68.8 Å². The number of hydrogen-bond donors (Lipinski definition) is 0. The van der Waals surface area contributed by atoms with Gasteiger partial charge in [-0.1, -0.05) is 19.3 Å². The molecule has 0 unspecified atom stereocenters. The predicted molar refractivity (Wildman–Crippen MR) is 127 cm³/mol. The van der Waals surface area contributed by atoms with Gasteiger partial charge in [-0.3, -0.25) is 0 Å². The zero-order chi connectivity index (χ0) is 23.7. The van der Waals surface area contributed by atoms with Crippen molar-refractivity contribution < 1.29 is 13.2 Å². The van der Waals surface area contributed by atoms with Crippen molar-refractivity contribution in [3.63, 3.8) is 0 Å². The summed E-state index contributed by atoms with van der Waals surface area (Å²) in [5.74, 6) is 3.47. The number of alkyl halides is 3. The van der Waals surface area contributed by atoms with Crippen molar-refractivity contribution in [3.05, 3.63) is 41.5 Å². The third-order valence-corrected chi connectivity index (χ3v) is 8.24. The molecule has 0 radical (unpaired) electrons. The van der Waals surface area contributed by atoms with Crippen LogP contribution in [0.3, 0.4) is 0 Å². The van der Waals surface area contributed by atoms with Gasteiger partial charge in [0.05, 0.1) is 5.56 Å².